The summed E-state index contributed by atoms with van der Waals surface area (Å²) >= 11 is 0. The highest BCUT2D eigenvalue weighted by Gasteiger charge is 2.52. The topological polar surface area (TPSA) is 64.6 Å². The summed E-state index contributed by atoms with van der Waals surface area (Å²) in [7, 11) is 2.87. The van der Waals surface area contributed by atoms with Gasteiger partial charge in [-0.25, -0.2) is 0 Å². The lowest BCUT2D eigenvalue weighted by molar-refractivity contribution is -0.163. The van der Waals surface area contributed by atoms with E-state index in [9.17, 15) is 9.59 Å². The molecule has 0 heterocycles. The van der Waals surface area contributed by atoms with Crippen LogP contribution in [0.2, 0.25) is 0 Å². The third-order valence-electron chi connectivity index (χ3n) is 3.55. The van der Waals surface area contributed by atoms with Crippen LogP contribution in [0.5, 0.6) is 5.75 Å². The highest BCUT2D eigenvalue weighted by Crippen LogP contribution is 2.43. The minimum atomic E-state index is -1.02. The number of hydrogen-bond donors (Lipinski definition) is 1. The van der Waals surface area contributed by atoms with Crippen LogP contribution in [-0.2, 0) is 14.3 Å². The minimum absolute atomic E-state index is 0.307. The molecule has 5 heteroatoms. The van der Waals surface area contributed by atoms with Crippen LogP contribution in [0.4, 0.5) is 5.69 Å². The average molecular weight is 263 g/mol. The molecule has 5 nitrogen and oxygen atoms in total. The van der Waals surface area contributed by atoms with Gasteiger partial charge in [0.15, 0.2) is 0 Å². The quantitative estimate of drug-likeness (QED) is 0.666. The van der Waals surface area contributed by atoms with Crippen molar-refractivity contribution in [2.75, 3.05) is 19.5 Å². The van der Waals surface area contributed by atoms with Crippen molar-refractivity contribution in [3.8, 4) is 5.75 Å². The molecule has 1 aromatic carbocycles. The Morgan fingerprint density at radius 2 is 2.00 bits per heavy atom. The van der Waals surface area contributed by atoms with Gasteiger partial charge in [-0.05, 0) is 25.0 Å². The molecule has 1 aliphatic rings. The van der Waals surface area contributed by atoms with Crippen molar-refractivity contribution in [1.82, 2.24) is 0 Å². The van der Waals surface area contributed by atoms with Gasteiger partial charge < -0.3 is 14.8 Å². The van der Waals surface area contributed by atoms with E-state index in [-0.39, 0.29) is 5.91 Å². The number of hydrogen-bond acceptors (Lipinski definition) is 4. The van der Waals surface area contributed by atoms with E-state index in [0.717, 1.165) is 6.42 Å². The molecule has 0 bridgehead atoms. The third-order valence-corrected chi connectivity index (χ3v) is 3.55. The number of amides is 1. The monoisotopic (exact) mass is 263 g/mol. The molecule has 1 saturated carbocycles. The predicted octanol–water partition coefficient (Wildman–Crippen LogP) is 1.98. The van der Waals surface area contributed by atoms with E-state index >= 15 is 0 Å². The lowest BCUT2D eigenvalue weighted by Gasteiger charge is -2.36. The normalized spacial score (nSPS) is 16.1. The molecule has 1 aromatic rings. The first-order valence-electron chi connectivity index (χ1n) is 6.16. The van der Waals surface area contributed by atoms with Crippen molar-refractivity contribution in [2.45, 2.75) is 19.3 Å². The van der Waals surface area contributed by atoms with Gasteiger partial charge in [-0.3, -0.25) is 9.59 Å². The molecule has 102 valence electrons. The summed E-state index contributed by atoms with van der Waals surface area (Å²) in [5.74, 6) is -0.114. The Hall–Kier alpha value is -2.04. The van der Waals surface area contributed by atoms with Crippen molar-refractivity contribution >= 4 is 17.6 Å². The first kappa shape index (κ1) is 13.4. The van der Waals surface area contributed by atoms with Crippen LogP contribution in [0.15, 0.2) is 24.3 Å². The van der Waals surface area contributed by atoms with E-state index in [2.05, 4.69) is 5.32 Å². The second kappa shape index (κ2) is 5.30. The number of ether oxygens (including phenoxy) is 2. The number of carbonyl (C=O) groups is 2. The summed E-state index contributed by atoms with van der Waals surface area (Å²) in [6.45, 7) is 0. The predicted molar refractivity (Wildman–Crippen MR) is 69.9 cm³/mol. The van der Waals surface area contributed by atoms with E-state index < -0.39 is 11.4 Å². The maximum atomic E-state index is 12.3. The average Bonchev–Trinajstić information content (AvgIpc) is 2.37. The van der Waals surface area contributed by atoms with Crippen LogP contribution in [0.3, 0.4) is 0 Å². The lowest BCUT2D eigenvalue weighted by atomic mass is 9.68. The van der Waals surface area contributed by atoms with E-state index in [1.165, 1.54) is 7.11 Å². The number of rotatable bonds is 4. The molecule has 0 radical (unpaired) electrons. The highest BCUT2D eigenvalue weighted by atomic mass is 16.5. The van der Waals surface area contributed by atoms with Crippen LogP contribution in [-0.4, -0.2) is 26.1 Å². The summed E-state index contributed by atoms with van der Waals surface area (Å²) in [6.07, 6.45) is 1.94. The van der Waals surface area contributed by atoms with Gasteiger partial charge in [0, 0.05) is 11.8 Å². The fourth-order valence-electron chi connectivity index (χ4n) is 2.20. The summed E-state index contributed by atoms with van der Waals surface area (Å²) in [4.78, 5) is 24.0. The second-order valence-electron chi connectivity index (χ2n) is 4.61. The van der Waals surface area contributed by atoms with Crippen LogP contribution < -0.4 is 10.1 Å². The van der Waals surface area contributed by atoms with Crippen LogP contribution in [0.1, 0.15) is 19.3 Å². The van der Waals surface area contributed by atoms with Crippen molar-refractivity contribution in [3.05, 3.63) is 24.3 Å². The lowest BCUT2D eigenvalue weighted by Crippen LogP contribution is -2.48. The fourth-order valence-corrected chi connectivity index (χ4v) is 2.20. The Morgan fingerprint density at radius 1 is 1.26 bits per heavy atom. The zero-order valence-electron chi connectivity index (χ0n) is 11.1. The van der Waals surface area contributed by atoms with Gasteiger partial charge in [-0.1, -0.05) is 12.5 Å². The zero-order chi connectivity index (χ0) is 13.9. The molecule has 1 N–H and O–H groups in total. The third kappa shape index (κ3) is 2.41. The Bertz CT molecular complexity index is 494. The Kier molecular flexibility index (Phi) is 3.74. The summed E-state index contributed by atoms with van der Waals surface area (Å²) in [6, 6.07) is 7.03. The number of esters is 1. The van der Waals surface area contributed by atoms with Gasteiger partial charge >= 0.3 is 5.97 Å². The van der Waals surface area contributed by atoms with E-state index in [4.69, 9.17) is 9.47 Å². The standard InChI is InChI=1S/C14H17NO4/c1-18-11-6-3-5-10(9-11)15-12(16)14(7-4-8-14)13(17)19-2/h3,5-6,9H,4,7-8H2,1-2H3,(H,15,16). The largest absolute Gasteiger partial charge is 0.497 e. The highest BCUT2D eigenvalue weighted by molar-refractivity contribution is 6.09. The molecule has 0 aromatic heterocycles. The van der Waals surface area contributed by atoms with Crippen molar-refractivity contribution in [1.29, 1.82) is 0 Å². The summed E-state index contributed by atoms with van der Waals surface area (Å²) in [5, 5.41) is 2.75. The maximum Gasteiger partial charge on any atom is 0.321 e. The molecule has 19 heavy (non-hydrogen) atoms. The molecule has 0 saturated heterocycles. The Labute approximate surface area is 111 Å². The van der Waals surface area contributed by atoms with Gasteiger partial charge in [0.2, 0.25) is 5.91 Å². The second-order valence-corrected chi connectivity index (χ2v) is 4.61. The number of nitrogens with one attached hydrogen (secondary N) is 1. The van der Waals surface area contributed by atoms with E-state index in [0.29, 0.717) is 24.3 Å². The molecule has 1 fully saturated rings. The van der Waals surface area contributed by atoms with Gasteiger partial charge in [0.05, 0.1) is 14.2 Å². The van der Waals surface area contributed by atoms with Gasteiger partial charge in [-0.2, -0.15) is 0 Å². The van der Waals surface area contributed by atoms with Gasteiger partial charge in [-0.15, -0.1) is 0 Å². The van der Waals surface area contributed by atoms with Gasteiger partial charge in [0.25, 0.3) is 0 Å². The Balaban J connectivity index is 2.13. The van der Waals surface area contributed by atoms with Crippen molar-refractivity contribution in [2.24, 2.45) is 5.41 Å². The summed E-state index contributed by atoms with van der Waals surface area (Å²) in [5.41, 5.74) is -0.405. The number of anilines is 1. The molecule has 0 spiro atoms. The fraction of sp³-hybridized carbons (Fsp3) is 0.429. The molecule has 0 unspecified atom stereocenters. The summed E-state index contributed by atoms with van der Waals surface area (Å²) < 4.78 is 9.82. The SMILES string of the molecule is COC(=O)C1(C(=O)Nc2cccc(OC)c2)CCC1. The molecular weight excluding hydrogens is 246 g/mol. The number of carbonyl (C=O) groups excluding carboxylic acids is 2. The van der Waals surface area contributed by atoms with Crippen LogP contribution in [0, 0.1) is 5.41 Å². The maximum absolute atomic E-state index is 12.3. The van der Waals surface area contributed by atoms with E-state index in [1.54, 1.807) is 31.4 Å². The van der Waals surface area contributed by atoms with Crippen molar-refractivity contribution in [3.63, 3.8) is 0 Å². The number of benzene rings is 1. The molecule has 1 aliphatic carbocycles. The molecule has 1 amide bonds. The van der Waals surface area contributed by atoms with Crippen LogP contribution in [0.25, 0.3) is 0 Å². The first-order valence-corrected chi connectivity index (χ1v) is 6.16. The van der Waals surface area contributed by atoms with Crippen LogP contribution >= 0.6 is 0 Å². The molecule has 0 aliphatic heterocycles. The zero-order valence-corrected chi connectivity index (χ0v) is 11.1. The van der Waals surface area contributed by atoms with Crippen molar-refractivity contribution < 1.29 is 19.1 Å². The Morgan fingerprint density at radius 3 is 2.53 bits per heavy atom. The van der Waals surface area contributed by atoms with Gasteiger partial charge in [0.1, 0.15) is 11.2 Å². The molecule has 0 atom stereocenters. The smallest absolute Gasteiger partial charge is 0.321 e. The molecule has 2 rings (SSSR count). The molecular formula is C14H17NO4. The minimum Gasteiger partial charge on any atom is -0.497 e. The first-order chi connectivity index (χ1) is 9.12. The van der Waals surface area contributed by atoms with E-state index in [1.807, 2.05) is 0 Å². The number of methoxy groups -OCH3 is 2.